The van der Waals surface area contributed by atoms with E-state index in [9.17, 15) is 0 Å². The summed E-state index contributed by atoms with van der Waals surface area (Å²) < 4.78 is 0. The smallest absolute Gasteiger partial charge is 0.0943 e. The number of nitrogens with two attached hydrogens (primary N) is 1. The van der Waals surface area contributed by atoms with E-state index < -0.39 is 0 Å². The fourth-order valence-corrected chi connectivity index (χ4v) is 2.41. The highest BCUT2D eigenvalue weighted by Crippen LogP contribution is 2.16. The Kier molecular flexibility index (Phi) is 4.55. The van der Waals surface area contributed by atoms with E-state index >= 15 is 0 Å². The third-order valence-corrected chi connectivity index (χ3v) is 3.54. The molecule has 1 heterocycles. The minimum atomic E-state index is 0.264. The molecule has 14 heavy (non-hydrogen) atoms. The van der Waals surface area contributed by atoms with Crippen molar-refractivity contribution >= 4 is 11.3 Å². The molecule has 0 bridgehead atoms. The molecular weight excluding hydrogens is 192 g/mol. The van der Waals surface area contributed by atoms with Crippen LogP contribution in [0.5, 0.6) is 0 Å². The van der Waals surface area contributed by atoms with Gasteiger partial charge in [-0.25, -0.2) is 4.98 Å². The summed E-state index contributed by atoms with van der Waals surface area (Å²) in [5, 5.41) is 3.27. The molecular formula is C11H20N2S. The molecule has 0 aliphatic rings. The summed E-state index contributed by atoms with van der Waals surface area (Å²) in [6, 6.07) is 0.264. The maximum absolute atomic E-state index is 6.11. The molecule has 2 N–H and O–H groups in total. The molecule has 0 saturated carbocycles. The van der Waals surface area contributed by atoms with Gasteiger partial charge in [0.15, 0.2) is 0 Å². The van der Waals surface area contributed by atoms with Crippen LogP contribution in [0.15, 0.2) is 5.38 Å². The van der Waals surface area contributed by atoms with Crippen LogP contribution in [0.4, 0.5) is 0 Å². The minimum Gasteiger partial charge on any atom is -0.327 e. The van der Waals surface area contributed by atoms with E-state index in [0.717, 1.165) is 12.1 Å². The minimum absolute atomic E-state index is 0.264. The molecule has 80 valence electrons. The molecule has 0 amide bonds. The van der Waals surface area contributed by atoms with Crippen molar-refractivity contribution in [3.05, 3.63) is 16.1 Å². The fourth-order valence-electron chi connectivity index (χ4n) is 1.57. The van der Waals surface area contributed by atoms with Crippen LogP contribution in [0.3, 0.4) is 0 Å². The van der Waals surface area contributed by atoms with Gasteiger partial charge in [0, 0.05) is 23.5 Å². The standard InChI is InChI=1S/C11H20N2S/c1-4-5-8(2)10(12)6-11-13-9(3)7-14-11/h7-8,10H,4-6,12H2,1-3H3. The van der Waals surface area contributed by atoms with Crippen LogP contribution < -0.4 is 5.73 Å². The lowest BCUT2D eigenvalue weighted by molar-refractivity contribution is 0.419. The van der Waals surface area contributed by atoms with E-state index in [1.165, 1.54) is 17.8 Å². The van der Waals surface area contributed by atoms with Crippen LogP contribution in [0.2, 0.25) is 0 Å². The summed E-state index contributed by atoms with van der Waals surface area (Å²) in [5.41, 5.74) is 7.22. The van der Waals surface area contributed by atoms with Gasteiger partial charge in [0.25, 0.3) is 0 Å². The van der Waals surface area contributed by atoms with Gasteiger partial charge in [-0.2, -0.15) is 0 Å². The van der Waals surface area contributed by atoms with E-state index in [-0.39, 0.29) is 6.04 Å². The van der Waals surface area contributed by atoms with E-state index in [2.05, 4.69) is 24.2 Å². The Morgan fingerprint density at radius 1 is 1.57 bits per heavy atom. The Morgan fingerprint density at radius 3 is 2.79 bits per heavy atom. The molecule has 0 saturated heterocycles. The molecule has 3 heteroatoms. The Bertz CT molecular complexity index is 270. The van der Waals surface area contributed by atoms with Crippen LogP contribution in [-0.2, 0) is 6.42 Å². The highest BCUT2D eigenvalue weighted by atomic mass is 32.1. The fraction of sp³-hybridized carbons (Fsp3) is 0.727. The number of aryl methyl sites for hydroxylation is 1. The molecule has 0 spiro atoms. The monoisotopic (exact) mass is 212 g/mol. The molecule has 0 aliphatic heterocycles. The maximum Gasteiger partial charge on any atom is 0.0943 e. The topological polar surface area (TPSA) is 38.9 Å². The van der Waals surface area contributed by atoms with E-state index in [4.69, 9.17) is 5.73 Å². The van der Waals surface area contributed by atoms with Crippen LogP contribution in [0.1, 0.15) is 37.4 Å². The summed E-state index contributed by atoms with van der Waals surface area (Å²) in [7, 11) is 0. The van der Waals surface area contributed by atoms with Crippen molar-refractivity contribution in [1.29, 1.82) is 0 Å². The van der Waals surface area contributed by atoms with Crippen molar-refractivity contribution in [2.45, 2.75) is 46.1 Å². The second-order valence-corrected chi connectivity index (χ2v) is 4.96. The van der Waals surface area contributed by atoms with E-state index in [0.29, 0.717) is 5.92 Å². The molecule has 1 aromatic rings. The molecule has 2 nitrogen and oxygen atoms in total. The molecule has 1 aromatic heterocycles. The largest absolute Gasteiger partial charge is 0.327 e. The molecule has 0 aliphatic carbocycles. The average Bonchev–Trinajstić information content (AvgIpc) is 2.51. The van der Waals surface area contributed by atoms with Crippen LogP contribution >= 0.6 is 11.3 Å². The molecule has 2 unspecified atom stereocenters. The first-order valence-electron chi connectivity index (χ1n) is 5.30. The summed E-state index contributed by atoms with van der Waals surface area (Å²) >= 11 is 1.72. The lowest BCUT2D eigenvalue weighted by Gasteiger charge is -2.17. The predicted molar refractivity (Wildman–Crippen MR) is 62.6 cm³/mol. The normalized spacial score (nSPS) is 15.4. The number of aromatic nitrogens is 1. The van der Waals surface area contributed by atoms with Crippen molar-refractivity contribution in [1.82, 2.24) is 4.98 Å². The second-order valence-electron chi connectivity index (χ2n) is 4.02. The maximum atomic E-state index is 6.11. The third kappa shape index (κ3) is 3.39. The third-order valence-electron chi connectivity index (χ3n) is 2.55. The Hall–Kier alpha value is -0.410. The van der Waals surface area contributed by atoms with Gasteiger partial charge in [-0.05, 0) is 19.3 Å². The summed E-state index contributed by atoms with van der Waals surface area (Å²) in [6.07, 6.45) is 3.36. The zero-order valence-electron chi connectivity index (χ0n) is 9.29. The van der Waals surface area contributed by atoms with Crippen molar-refractivity contribution in [3.63, 3.8) is 0 Å². The van der Waals surface area contributed by atoms with Gasteiger partial charge in [-0.3, -0.25) is 0 Å². The van der Waals surface area contributed by atoms with E-state index in [1.54, 1.807) is 11.3 Å². The van der Waals surface area contributed by atoms with Crippen LogP contribution in [0.25, 0.3) is 0 Å². The van der Waals surface area contributed by atoms with Crippen molar-refractivity contribution in [2.75, 3.05) is 0 Å². The van der Waals surface area contributed by atoms with Crippen LogP contribution in [-0.4, -0.2) is 11.0 Å². The Morgan fingerprint density at radius 2 is 2.29 bits per heavy atom. The number of hydrogen-bond donors (Lipinski definition) is 1. The summed E-state index contributed by atoms with van der Waals surface area (Å²) in [5.74, 6) is 0.601. The van der Waals surface area contributed by atoms with Crippen molar-refractivity contribution < 1.29 is 0 Å². The van der Waals surface area contributed by atoms with Gasteiger partial charge in [0.2, 0.25) is 0 Å². The average molecular weight is 212 g/mol. The van der Waals surface area contributed by atoms with Crippen molar-refractivity contribution in [3.8, 4) is 0 Å². The molecule has 2 atom stereocenters. The first-order chi connectivity index (χ1) is 6.63. The summed E-state index contributed by atoms with van der Waals surface area (Å²) in [6.45, 7) is 6.46. The number of nitrogens with zero attached hydrogens (tertiary/aromatic N) is 1. The molecule has 1 rings (SSSR count). The van der Waals surface area contributed by atoms with Gasteiger partial charge in [-0.15, -0.1) is 11.3 Å². The van der Waals surface area contributed by atoms with Crippen LogP contribution in [0, 0.1) is 12.8 Å². The van der Waals surface area contributed by atoms with E-state index in [1.807, 2.05) is 6.92 Å². The van der Waals surface area contributed by atoms with Gasteiger partial charge in [-0.1, -0.05) is 20.3 Å². The zero-order valence-corrected chi connectivity index (χ0v) is 10.1. The zero-order chi connectivity index (χ0) is 10.6. The quantitative estimate of drug-likeness (QED) is 0.815. The Labute approximate surface area is 90.6 Å². The van der Waals surface area contributed by atoms with Crippen molar-refractivity contribution in [2.24, 2.45) is 11.7 Å². The molecule has 0 aromatic carbocycles. The lowest BCUT2D eigenvalue weighted by Crippen LogP contribution is -2.30. The SMILES string of the molecule is CCCC(C)C(N)Cc1nc(C)cs1. The van der Waals surface area contributed by atoms with Gasteiger partial charge in [0.05, 0.1) is 5.01 Å². The summed E-state index contributed by atoms with van der Waals surface area (Å²) in [4.78, 5) is 4.43. The highest BCUT2D eigenvalue weighted by molar-refractivity contribution is 7.09. The van der Waals surface area contributed by atoms with Gasteiger partial charge < -0.3 is 5.73 Å². The Balaban J connectivity index is 2.43. The lowest BCUT2D eigenvalue weighted by atomic mass is 9.95. The number of hydrogen-bond acceptors (Lipinski definition) is 3. The molecule has 0 radical (unpaired) electrons. The van der Waals surface area contributed by atoms with Gasteiger partial charge in [0.1, 0.15) is 0 Å². The highest BCUT2D eigenvalue weighted by Gasteiger charge is 2.13. The number of thiazole rings is 1. The van der Waals surface area contributed by atoms with Gasteiger partial charge >= 0.3 is 0 Å². The number of rotatable bonds is 5. The predicted octanol–water partition coefficient (Wildman–Crippen LogP) is 2.76. The first-order valence-corrected chi connectivity index (χ1v) is 6.18. The second kappa shape index (κ2) is 5.47. The first kappa shape index (κ1) is 11.7. The molecule has 0 fully saturated rings.